The molecule has 3 N–H and O–H groups in total. The second-order valence-electron chi connectivity index (χ2n) is 5.80. The van der Waals surface area contributed by atoms with E-state index in [0.29, 0.717) is 5.01 Å². The third-order valence-electron chi connectivity index (χ3n) is 2.38. The minimum atomic E-state index is -0.577. The standard InChI is InChI=1S/C13H21N3O3S/c1-7(2)9(16-12(18)19-13(3,4)5)11-15-8(6-20-11)10(14)17/h6-7,9H,1-5H3,(H2,14,17)(H,16,18). The lowest BCUT2D eigenvalue weighted by Crippen LogP contribution is -2.36. The quantitative estimate of drug-likeness (QED) is 0.893. The summed E-state index contributed by atoms with van der Waals surface area (Å²) in [6.07, 6.45) is -0.507. The van der Waals surface area contributed by atoms with Crippen molar-refractivity contribution in [1.29, 1.82) is 0 Å². The first-order chi connectivity index (χ1) is 9.10. The number of alkyl carbamates (subject to hydrolysis) is 1. The van der Waals surface area contributed by atoms with Crippen molar-refractivity contribution in [2.75, 3.05) is 0 Å². The molecule has 20 heavy (non-hydrogen) atoms. The first-order valence-corrected chi connectivity index (χ1v) is 7.23. The second kappa shape index (κ2) is 6.21. The Kier molecular flexibility index (Phi) is 5.10. The van der Waals surface area contributed by atoms with Crippen LogP contribution >= 0.6 is 11.3 Å². The Bertz CT molecular complexity index is 491. The maximum atomic E-state index is 11.8. The largest absolute Gasteiger partial charge is 0.444 e. The summed E-state index contributed by atoms with van der Waals surface area (Å²) >= 11 is 1.29. The fourth-order valence-electron chi connectivity index (χ4n) is 1.49. The molecular formula is C13H21N3O3S. The predicted octanol–water partition coefficient (Wildman–Crippen LogP) is 2.46. The highest BCUT2D eigenvalue weighted by atomic mass is 32.1. The van der Waals surface area contributed by atoms with Crippen LogP contribution in [-0.2, 0) is 4.74 Å². The van der Waals surface area contributed by atoms with Crippen molar-refractivity contribution in [3.63, 3.8) is 0 Å². The molecule has 0 fully saturated rings. The molecule has 0 saturated carbocycles. The third-order valence-corrected chi connectivity index (χ3v) is 3.31. The smallest absolute Gasteiger partial charge is 0.408 e. The van der Waals surface area contributed by atoms with Crippen LogP contribution in [0, 0.1) is 5.92 Å². The van der Waals surface area contributed by atoms with Crippen LogP contribution in [0.1, 0.15) is 56.2 Å². The summed E-state index contributed by atoms with van der Waals surface area (Å²) < 4.78 is 5.23. The normalized spacial score (nSPS) is 13.1. The molecule has 0 bridgehead atoms. The van der Waals surface area contributed by atoms with Crippen LogP contribution in [0.3, 0.4) is 0 Å². The number of nitrogens with one attached hydrogen (secondary N) is 1. The SMILES string of the molecule is CC(C)C(NC(=O)OC(C)(C)C)c1nc(C(N)=O)cs1. The highest BCUT2D eigenvalue weighted by Crippen LogP contribution is 2.25. The predicted molar refractivity (Wildman–Crippen MR) is 77.6 cm³/mol. The van der Waals surface area contributed by atoms with Crippen molar-refractivity contribution in [3.05, 3.63) is 16.1 Å². The molecule has 2 amide bonds. The van der Waals surface area contributed by atoms with Crippen LogP contribution in [0.25, 0.3) is 0 Å². The number of nitrogens with zero attached hydrogens (tertiary/aromatic N) is 1. The Hall–Kier alpha value is -1.63. The van der Waals surface area contributed by atoms with Crippen molar-refractivity contribution in [2.45, 2.75) is 46.3 Å². The third kappa shape index (κ3) is 4.80. The highest BCUT2D eigenvalue weighted by molar-refractivity contribution is 7.09. The molecule has 112 valence electrons. The number of thiazole rings is 1. The fraction of sp³-hybridized carbons (Fsp3) is 0.615. The summed E-state index contributed by atoms with van der Waals surface area (Å²) in [5.41, 5.74) is 4.83. The fourth-order valence-corrected chi connectivity index (χ4v) is 2.52. The minimum Gasteiger partial charge on any atom is -0.444 e. The van der Waals surface area contributed by atoms with Crippen molar-refractivity contribution in [2.24, 2.45) is 11.7 Å². The Balaban J connectivity index is 2.84. The van der Waals surface area contributed by atoms with Gasteiger partial charge in [-0.15, -0.1) is 11.3 Å². The van der Waals surface area contributed by atoms with Crippen LogP contribution in [0.5, 0.6) is 0 Å². The molecule has 0 aliphatic carbocycles. The molecule has 6 nitrogen and oxygen atoms in total. The van der Waals surface area contributed by atoms with Crippen LogP contribution in [0.4, 0.5) is 4.79 Å². The van der Waals surface area contributed by atoms with Crippen molar-refractivity contribution in [3.8, 4) is 0 Å². The van der Waals surface area contributed by atoms with Crippen molar-refractivity contribution >= 4 is 23.3 Å². The molecule has 0 spiro atoms. The lowest BCUT2D eigenvalue weighted by Gasteiger charge is -2.24. The van der Waals surface area contributed by atoms with E-state index in [1.54, 1.807) is 26.2 Å². The summed E-state index contributed by atoms with van der Waals surface area (Å²) in [6, 6.07) is -0.317. The van der Waals surface area contributed by atoms with Gasteiger partial charge in [0.2, 0.25) is 0 Å². The van der Waals surface area contributed by atoms with Gasteiger partial charge in [0, 0.05) is 5.38 Å². The molecular weight excluding hydrogens is 278 g/mol. The Morgan fingerprint density at radius 1 is 1.40 bits per heavy atom. The van der Waals surface area contributed by atoms with E-state index in [1.807, 2.05) is 13.8 Å². The average Bonchev–Trinajstić information content (AvgIpc) is 2.71. The van der Waals surface area contributed by atoms with E-state index >= 15 is 0 Å². The number of hydrogen-bond acceptors (Lipinski definition) is 5. The number of rotatable bonds is 4. The molecule has 1 aromatic heterocycles. The number of carbonyl (C=O) groups excluding carboxylic acids is 2. The summed E-state index contributed by atoms with van der Waals surface area (Å²) in [5.74, 6) is -0.471. The van der Waals surface area contributed by atoms with Gasteiger partial charge in [0.15, 0.2) is 0 Å². The summed E-state index contributed by atoms with van der Waals surface area (Å²) in [7, 11) is 0. The van der Waals surface area contributed by atoms with Gasteiger partial charge in [0.25, 0.3) is 5.91 Å². The molecule has 1 aromatic rings. The number of carbonyl (C=O) groups is 2. The molecule has 1 unspecified atom stereocenters. The Morgan fingerprint density at radius 2 is 2.00 bits per heavy atom. The van der Waals surface area contributed by atoms with Gasteiger partial charge in [0.1, 0.15) is 16.3 Å². The Morgan fingerprint density at radius 3 is 2.40 bits per heavy atom. The molecule has 0 radical (unpaired) electrons. The van der Waals surface area contributed by atoms with Crippen molar-refractivity contribution in [1.82, 2.24) is 10.3 Å². The molecule has 0 aliphatic rings. The topological polar surface area (TPSA) is 94.3 Å². The van der Waals surface area contributed by atoms with Gasteiger partial charge in [0.05, 0.1) is 6.04 Å². The minimum absolute atomic E-state index is 0.106. The van der Waals surface area contributed by atoms with E-state index in [-0.39, 0.29) is 17.7 Å². The number of aromatic nitrogens is 1. The zero-order valence-electron chi connectivity index (χ0n) is 12.4. The second-order valence-corrected chi connectivity index (χ2v) is 6.69. The van der Waals surface area contributed by atoms with E-state index < -0.39 is 17.6 Å². The maximum Gasteiger partial charge on any atom is 0.408 e. The number of hydrogen-bond donors (Lipinski definition) is 2. The van der Waals surface area contributed by atoms with E-state index in [0.717, 1.165) is 0 Å². The molecule has 0 aliphatic heterocycles. The monoisotopic (exact) mass is 299 g/mol. The van der Waals surface area contributed by atoms with Crippen molar-refractivity contribution < 1.29 is 14.3 Å². The Labute approximate surface area is 122 Å². The van der Waals surface area contributed by atoms with E-state index in [2.05, 4.69) is 10.3 Å². The summed E-state index contributed by atoms with van der Waals surface area (Å²) in [4.78, 5) is 27.1. The van der Waals surface area contributed by atoms with Gasteiger partial charge in [-0.05, 0) is 26.7 Å². The first-order valence-electron chi connectivity index (χ1n) is 6.35. The summed E-state index contributed by atoms with van der Waals surface area (Å²) in [5, 5.41) is 5.00. The van der Waals surface area contributed by atoms with Gasteiger partial charge >= 0.3 is 6.09 Å². The molecule has 0 aromatic carbocycles. The van der Waals surface area contributed by atoms with Gasteiger partial charge in [-0.1, -0.05) is 13.8 Å². The molecule has 1 rings (SSSR count). The highest BCUT2D eigenvalue weighted by Gasteiger charge is 2.25. The molecule has 7 heteroatoms. The number of ether oxygens (including phenoxy) is 1. The molecule has 1 atom stereocenters. The first kappa shape index (κ1) is 16.4. The maximum absolute atomic E-state index is 11.8. The molecule has 0 saturated heterocycles. The zero-order valence-corrected chi connectivity index (χ0v) is 13.2. The van der Waals surface area contributed by atoms with E-state index in [1.165, 1.54) is 11.3 Å². The number of primary amides is 1. The van der Waals surface area contributed by atoms with Crippen LogP contribution < -0.4 is 11.1 Å². The van der Waals surface area contributed by atoms with E-state index in [4.69, 9.17) is 10.5 Å². The van der Waals surface area contributed by atoms with Gasteiger partial charge in [-0.2, -0.15) is 0 Å². The van der Waals surface area contributed by atoms with Gasteiger partial charge in [-0.3, -0.25) is 4.79 Å². The molecule has 1 heterocycles. The zero-order chi connectivity index (χ0) is 15.5. The summed E-state index contributed by atoms with van der Waals surface area (Å²) in [6.45, 7) is 9.30. The lowest BCUT2D eigenvalue weighted by atomic mass is 10.1. The van der Waals surface area contributed by atoms with E-state index in [9.17, 15) is 9.59 Å². The van der Waals surface area contributed by atoms with Crippen LogP contribution in [0.2, 0.25) is 0 Å². The van der Waals surface area contributed by atoms with Crippen LogP contribution in [-0.4, -0.2) is 22.6 Å². The number of amides is 2. The number of nitrogens with two attached hydrogens (primary N) is 1. The van der Waals surface area contributed by atoms with Crippen LogP contribution in [0.15, 0.2) is 5.38 Å². The average molecular weight is 299 g/mol. The lowest BCUT2D eigenvalue weighted by molar-refractivity contribution is 0.0489. The van der Waals surface area contributed by atoms with Gasteiger partial charge < -0.3 is 15.8 Å². The van der Waals surface area contributed by atoms with Gasteiger partial charge in [-0.25, -0.2) is 9.78 Å².